The Morgan fingerprint density at radius 2 is 1.85 bits per heavy atom. The molecule has 3 aromatic rings. The van der Waals surface area contributed by atoms with Crippen LogP contribution in [0.25, 0.3) is 22.2 Å². The number of nitrogens with one attached hydrogen (secondary N) is 1. The summed E-state index contributed by atoms with van der Waals surface area (Å²) in [6.07, 6.45) is 1.82. The van der Waals surface area contributed by atoms with E-state index < -0.39 is 0 Å². The van der Waals surface area contributed by atoms with Gasteiger partial charge in [0.25, 0.3) is 0 Å². The molecule has 0 aliphatic rings. The number of benzene rings is 2. The topological polar surface area (TPSA) is 37.8 Å². The van der Waals surface area contributed by atoms with Gasteiger partial charge in [0.1, 0.15) is 0 Å². The molecule has 3 rings (SSSR count). The number of nitrogens with zero attached hydrogens (tertiary/aromatic N) is 2. The van der Waals surface area contributed by atoms with Gasteiger partial charge in [-0.1, -0.05) is 43.3 Å². The molecular weight excluding hydrogens is 246 g/mol. The summed E-state index contributed by atoms with van der Waals surface area (Å²) in [5.74, 6) is 0.783. The molecule has 100 valence electrons. The molecule has 2 aromatic carbocycles. The Morgan fingerprint density at radius 1 is 1.00 bits per heavy atom. The maximum atomic E-state index is 4.61. The third-order valence-electron chi connectivity index (χ3n) is 3.28. The van der Waals surface area contributed by atoms with Crippen molar-refractivity contribution < 1.29 is 0 Å². The first-order chi connectivity index (χ1) is 9.86. The smallest absolute Gasteiger partial charge is 0.159 e. The highest BCUT2D eigenvalue weighted by molar-refractivity contribution is 5.86. The van der Waals surface area contributed by atoms with Crippen molar-refractivity contribution >= 4 is 10.8 Å². The van der Waals surface area contributed by atoms with E-state index in [-0.39, 0.29) is 0 Å². The summed E-state index contributed by atoms with van der Waals surface area (Å²) in [4.78, 5) is 9.00. The fourth-order valence-corrected chi connectivity index (χ4v) is 2.22. The zero-order valence-electron chi connectivity index (χ0n) is 11.5. The van der Waals surface area contributed by atoms with Crippen LogP contribution in [-0.4, -0.2) is 16.5 Å². The van der Waals surface area contributed by atoms with E-state index in [0.29, 0.717) is 0 Å². The lowest BCUT2D eigenvalue weighted by Gasteiger charge is -2.05. The van der Waals surface area contributed by atoms with Crippen LogP contribution in [0.2, 0.25) is 0 Å². The molecule has 0 spiro atoms. The largest absolute Gasteiger partial charge is 0.311 e. The average molecular weight is 263 g/mol. The monoisotopic (exact) mass is 263 g/mol. The second-order valence-electron chi connectivity index (χ2n) is 4.71. The van der Waals surface area contributed by atoms with Crippen LogP contribution in [0.3, 0.4) is 0 Å². The maximum absolute atomic E-state index is 4.61. The van der Waals surface area contributed by atoms with E-state index in [4.69, 9.17) is 0 Å². The van der Waals surface area contributed by atoms with Crippen molar-refractivity contribution in [2.45, 2.75) is 13.5 Å². The molecule has 1 aromatic heterocycles. The van der Waals surface area contributed by atoms with Crippen LogP contribution in [0.5, 0.6) is 0 Å². The van der Waals surface area contributed by atoms with Gasteiger partial charge in [-0.25, -0.2) is 9.97 Å². The standard InChI is InChI=1S/C17H17N3/c1-2-18-12-16-9-10-19-17(20-16)15-8-7-13-5-3-4-6-14(13)11-15/h3-11,18H,2,12H2,1H3. The third kappa shape index (κ3) is 2.68. The van der Waals surface area contributed by atoms with Crippen LogP contribution >= 0.6 is 0 Å². The molecular formula is C17H17N3. The van der Waals surface area contributed by atoms with Crippen LogP contribution in [0.4, 0.5) is 0 Å². The molecule has 0 saturated heterocycles. The highest BCUT2D eigenvalue weighted by atomic mass is 14.9. The lowest BCUT2D eigenvalue weighted by molar-refractivity contribution is 0.709. The molecule has 1 heterocycles. The van der Waals surface area contributed by atoms with Gasteiger partial charge >= 0.3 is 0 Å². The quantitative estimate of drug-likeness (QED) is 0.784. The van der Waals surface area contributed by atoms with Crippen molar-refractivity contribution in [1.82, 2.24) is 15.3 Å². The minimum Gasteiger partial charge on any atom is -0.311 e. The lowest BCUT2D eigenvalue weighted by atomic mass is 10.1. The van der Waals surface area contributed by atoms with Gasteiger partial charge in [-0.3, -0.25) is 0 Å². The van der Waals surface area contributed by atoms with Crippen LogP contribution in [0.1, 0.15) is 12.6 Å². The number of fused-ring (bicyclic) bond motifs is 1. The molecule has 0 unspecified atom stereocenters. The normalized spacial score (nSPS) is 10.8. The first kappa shape index (κ1) is 12.8. The summed E-state index contributed by atoms with van der Waals surface area (Å²) >= 11 is 0. The third-order valence-corrected chi connectivity index (χ3v) is 3.28. The highest BCUT2D eigenvalue weighted by Crippen LogP contribution is 2.21. The van der Waals surface area contributed by atoms with Gasteiger partial charge in [-0.15, -0.1) is 0 Å². The molecule has 1 N–H and O–H groups in total. The van der Waals surface area contributed by atoms with Crippen molar-refractivity contribution in [3.8, 4) is 11.4 Å². The Kier molecular flexibility index (Phi) is 3.70. The Morgan fingerprint density at radius 3 is 2.70 bits per heavy atom. The van der Waals surface area contributed by atoms with Crippen LogP contribution in [0, 0.1) is 0 Å². The number of hydrogen-bond acceptors (Lipinski definition) is 3. The lowest BCUT2D eigenvalue weighted by Crippen LogP contribution is -2.13. The number of hydrogen-bond donors (Lipinski definition) is 1. The summed E-state index contributed by atoms with van der Waals surface area (Å²) in [6.45, 7) is 3.81. The average Bonchev–Trinajstić information content (AvgIpc) is 2.53. The van der Waals surface area contributed by atoms with Gasteiger partial charge in [-0.2, -0.15) is 0 Å². The molecule has 20 heavy (non-hydrogen) atoms. The van der Waals surface area contributed by atoms with Crippen molar-refractivity contribution in [3.05, 3.63) is 60.4 Å². The van der Waals surface area contributed by atoms with E-state index in [2.05, 4.69) is 64.7 Å². The predicted octanol–water partition coefficient (Wildman–Crippen LogP) is 3.41. The molecule has 0 saturated carbocycles. The van der Waals surface area contributed by atoms with Gasteiger partial charge < -0.3 is 5.32 Å². The Balaban J connectivity index is 1.97. The number of aromatic nitrogens is 2. The fraction of sp³-hybridized carbons (Fsp3) is 0.176. The van der Waals surface area contributed by atoms with E-state index in [1.165, 1.54) is 10.8 Å². The van der Waals surface area contributed by atoms with Crippen molar-refractivity contribution in [2.75, 3.05) is 6.54 Å². The minimum atomic E-state index is 0.777. The Bertz CT molecular complexity index is 722. The summed E-state index contributed by atoms with van der Waals surface area (Å²) in [5.41, 5.74) is 2.08. The SMILES string of the molecule is CCNCc1ccnc(-c2ccc3ccccc3c2)n1. The van der Waals surface area contributed by atoms with Gasteiger partial charge in [0.2, 0.25) is 0 Å². The van der Waals surface area contributed by atoms with Crippen LogP contribution in [0.15, 0.2) is 54.7 Å². The molecule has 0 aliphatic carbocycles. The van der Waals surface area contributed by atoms with Gasteiger partial charge in [0, 0.05) is 18.3 Å². The van der Waals surface area contributed by atoms with Crippen molar-refractivity contribution in [2.24, 2.45) is 0 Å². The summed E-state index contributed by atoms with van der Waals surface area (Å²) < 4.78 is 0. The maximum Gasteiger partial charge on any atom is 0.159 e. The zero-order valence-corrected chi connectivity index (χ0v) is 11.5. The van der Waals surface area contributed by atoms with Gasteiger partial charge in [-0.05, 0) is 29.4 Å². The van der Waals surface area contributed by atoms with Crippen LogP contribution < -0.4 is 5.32 Å². The summed E-state index contributed by atoms with van der Waals surface area (Å²) in [7, 11) is 0. The van der Waals surface area contributed by atoms with Gasteiger partial charge in [0.05, 0.1) is 5.69 Å². The Hall–Kier alpha value is -2.26. The minimum absolute atomic E-state index is 0.777. The molecule has 0 bridgehead atoms. The molecule has 3 heteroatoms. The van der Waals surface area contributed by atoms with E-state index in [9.17, 15) is 0 Å². The fourth-order valence-electron chi connectivity index (χ4n) is 2.22. The molecule has 0 atom stereocenters. The van der Waals surface area contributed by atoms with Crippen molar-refractivity contribution in [3.63, 3.8) is 0 Å². The van der Waals surface area contributed by atoms with E-state index in [1.807, 2.05) is 12.3 Å². The zero-order chi connectivity index (χ0) is 13.8. The van der Waals surface area contributed by atoms with Crippen molar-refractivity contribution in [1.29, 1.82) is 0 Å². The molecule has 3 nitrogen and oxygen atoms in total. The van der Waals surface area contributed by atoms with Crippen LogP contribution in [-0.2, 0) is 6.54 Å². The molecule has 0 amide bonds. The Labute approximate surface area is 118 Å². The molecule has 0 fully saturated rings. The first-order valence-corrected chi connectivity index (χ1v) is 6.88. The molecule has 0 radical (unpaired) electrons. The summed E-state index contributed by atoms with van der Waals surface area (Å²) in [5, 5.41) is 5.73. The van der Waals surface area contributed by atoms with E-state index in [1.54, 1.807) is 0 Å². The summed E-state index contributed by atoms with van der Waals surface area (Å²) in [6, 6.07) is 16.6. The second-order valence-corrected chi connectivity index (χ2v) is 4.71. The van der Waals surface area contributed by atoms with E-state index >= 15 is 0 Å². The molecule has 0 aliphatic heterocycles. The van der Waals surface area contributed by atoms with E-state index in [0.717, 1.165) is 30.2 Å². The second kappa shape index (κ2) is 5.80. The number of rotatable bonds is 4. The predicted molar refractivity (Wildman–Crippen MR) is 82.4 cm³/mol. The van der Waals surface area contributed by atoms with Gasteiger partial charge in [0.15, 0.2) is 5.82 Å². The highest BCUT2D eigenvalue weighted by Gasteiger charge is 2.03. The first-order valence-electron chi connectivity index (χ1n) is 6.88.